The van der Waals surface area contributed by atoms with Gasteiger partial charge in [-0.25, -0.2) is 0 Å². The molecule has 0 aliphatic heterocycles. The molecule has 6 aromatic carbocycles. The lowest BCUT2D eigenvalue weighted by Gasteiger charge is -2.12. The zero-order valence-corrected chi connectivity index (χ0v) is 18.4. The maximum atomic E-state index is 3.53. The van der Waals surface area contributed by atoms with E-state index in [9.17, 15) is 0 Å². The predicted octanol–water partition coefficient (Wildman–Crippen LogP) is 9.24. The number of rotatable bonds is 2. The molecule has 6 aromatic rings. The van der Waals surface area contributed by atoms with E-state index in [4.69, 9.17) is 0 Å². The highest BCUT2D eigenvalue weighted by molar-refractivity contribution is 9.10. The van der Waals surface area contributed by atoms with Gasteiger partial charge in [-0.2, -0.15) is 0 Å². The van der Waals surface area contributed by atoms with Crippen molar-refractivity contribution in [3.05, 3.63) is 120 Å². The minimum atomic E-state index is 1.10. The van der Waals surface area contributed by atoms with Gasteiger partial charge in [-0.1, -0.05) is 107 Å². The summed E-state index contributed by atoms with van der Waals surface area (Å²) in [6.07, 6.45) is 0. The summed E-state index contributed by atoms with van der Waals surface area (Å²) in [7, 11) is 0. The van der Waals surface area contributed by atoms with Gasteiger partial charge in [0.1, 0.15) is 0 Å². The number of benzene rings is 6. The Morgan fingerprint density at radius 3 is 1.39 bits per heavy atom. The van der Waals surface area contributed by atoms with Gasteiger partial charge in [-0.15, -0.1) is 0 Å². The second-order valence-corrected chi connectivity index (χ2v) is 8.85. The van der Waals surface area contributed by atoms with Crippen molar-refractivity contribution in [2.75, 3.05) is 0 Å². The molecule has 0 aliphatic carbocycles. The first kappa shape index (κ1) is 18.4. The van der Waals surface area contributed by atoms with E-state index in [1.807, 2.05) is 0 Å². The van der Waals surface area contributed by atoms with Gasteiger partial charge in [-0.3, -0.25) is 0 Å². The molecule has 0 N–H and O–H groups in total. The van der Waals surface area contributed by atoms with Gasteiger partial charge in [0.05, 0.1) is 0 Å². The molecular weight excluding hydrogens is 440 g/mol. The Bertz CT molecular complexity index is 1540. The minimum Gasteiger partial charge on any atom is -0.0616 e. The van der Waals surface area contributed by atoms with Gasteiger partial charge < -0.3 is 0 Å². The van der Waals surface area contributed by atoms with Crippen LogP contribution in [-0.2, 0) is 0 Å². The van der Waals surface area contributed by atoms with E-state index < -0.39 is 0 Å². The summed E-state index contributed by atoms with van der Waals surface area (Å²) >= 11 is 3.53. The highest BCUT2D eigenvalue weighted by Gasteiger charge is 2.10. The maximum Gasteiger partial charge on any atom is 0.0175 e. The zero-order valence-electron chi connectivity index (χ0n) is 16.8. The highest BCUT2D eigenvalue weighted by atomic mass is 79.9. The third-order valence-electron chi connectivity index (χ3n) is 6.12. The van der Waals surface area contributed by atoms with Crippen LogP contribution in [0.5, 0.6) is 0 Å². The lowest BCUT2D eigenvalue weighted by atomic mass is 9.91. The van der Waals surface area contributed by atoms with E-state index >= 15 is 0 Å². The van der Waals surface area contributed by atoms with Crippen LogP contribution in [0.4, 0.5) is 0 Å². The molecule has 0 radical (unpaired) electrons. The Balaban J connectivity index is 1.58. The first-order valence-corrected chi connectivity index (χ1v) is 11.3. The van der Waals surface area contributed by atoms with Crippen LogP contribution in [0.1, 0.15) is 0 Å². The van der Waals surface area contributed by atoms with Crippen LogP contribution in [0.3, 0.4) is 0 Å². The lowest BCUT2D eigenvalue weighted by Crippen LogP contribution is -1.85. The van der Waals surface area contributed by atoms with E-state index in [-0.39, 0.29) is 0 Å². The summed E-state index contributed by atoms with van der Waals surface area (Å²) in [5.74, 6) is 0. The van der Waals surface area contributed by atoms with Crippen molar-refractivity contribution in [2.45, 2.75) is 0 Å². The summed E-state index contributed by atoms with van der Waals surface area (Å²) in [6, 6.07) is 41.7. The van der Waals surface area contributed by atoms with E-state index in [2.05, 4.69) is 131 Å². The third-order valence-corrected chi connectivity index (χ3v) is 6.65. The summed E-state index contributed by atoms with van der Waals surface area (Å²) < 4.78 is 1.10. The zero-order chi connectivity index (χ0) is 20.8. The van der Waals surface area contributed by atoms with Crippen LogP contribution in [-0.4, -0.2) is 0 Å². The molecule has 0 saturated heterocycles. The molecule has 6 rings (SSSR count). The summed E-state index contributed by atoms with van der Waals surface area (Å²) in [5, 5.41) is 7.86. The van der Waals surface area contributed by atoms with Crippen molar-refractivity contribution in [3.63, 3.8) is 0 Å². The monoisotopic (exact) mass is 458 g/mol. The average molecular weight is 459 g/mol. The van der Waals surface area contributed by atoms with Crippen LogP contribution >= 0.6 is 15.9 Å². The predicted molar refractivity (Wildman–Crippen MR) is 138 cm³/mol. The molecule has 0 unspecified atom stereocenters. The van der Waals surface area contributed by atoms with E-state index in [0.717, 1.165) is 4.47 Å². The fourth-order valence-corrected chi connectivity index (χ4v) is 4.87. The number of hydrogen-bond donors (Lipinski definition) is 0. The summed E-state index contributed by atoms with van der Waals surface area (Å²) in [6.45, 7) is 0. The molecule has 146 valence electrons. The maximum absolute atomic E-state index is 3.53. The number of halogens is 1. The Labute approximate surface area is 189 Å². The topological polar surface area (TPSA) is 0 Å². The molecule has 0 aliphatic rings. The first-order valence-electron chi connectivity index (χ1n) is 10.5. The SMILES string of the molecule is Brc1ccc(-c2cccc(-c3ccc4c5ccccc5c5ccccc5c4c3)c2)cc1. The molecular formula is C30H19Br. The van der Waals surface area contributed by atoms with Crippen molar-refractivity contribution in [3.8, 4) is 22.3 Å². The summed E-state index contributed by atoms with van der Waals surface area (Å²) in [4.78, 5) is 0. The quantitative estimate of drug-likeness (QED) is 0.226. The third kappa shape index (κ3) is 3.13. The second kappa shape index (κ2) is 7.37. The Morgan fingerprint density at radius 1 is 0.323 bits per heavy atom. The average Bonchev–Trinajstić information content (AvgIpc) is 2.84. The number of hydrogen-bond acceptors (Lipinski definition) is 0. The molecule has 0 atom stereocenters. The van der Waals surface area contributed by atoms with E-state index in [0.29, 0.717) is 0 Å². The Morgan fingerprint density at radius 2 is 0.774 bits per heavy atom. The normalized spacial score (nSPS) is 11.4. The molecule has 0 nitrogen and oxygen atoms in total. The molecule has 0 heterocycles. The van der Waals surface area contributed by atoms with Crippen molar-refractivity contribution >= 4 is 48.2 Å². The van der Waals surface area contributed by atoms with E-state index in [1.165, 1.54) is 54.6 Å². The van der Waals surface area contributed by atoms with Gasteiger partial charge in [0.25, 0.3) is 0 Å². The Kier molecular flexibility index (Phi) is 4.36. The molecule has 0 fully saturated rings. The van der Waals surface area contributed by atoms with Crippen LogP contribution in [0.15, 0.2) is 120 Å². The van der Waals surface area contributed by atoms with Crippen LogP contribution in [0, 0.1) is 0 Å². The molecule has 0 bridgehead atoms. The largest absolute Gasteiger partial charge is 0.0616 e. The van der Waals surface area contributed by atoms with Gasteiger partial charge in [0, 0.05) is 4.47 Å². The minimum absolute atomic E-state index is 1.10. The van der Waals surface area contributed by atoms with Crippen molar-refractivity contribution in [2.24, 2.45) is 0 Å². The van der Waals surface area contributed by atoms with Gasteiger partial charge in [0.15, 0.2) is 0 Å². The van der Waals surface area contributed by atoms with Crippen LogP contribution < -0.4 is 0 Å². The van der Waals surface area contributed by atoms with Crippen molar-refractivity contribution < 1.29 is 0 Å². The second-order valence-electron chi connectivity index (χ2n) is 7.94. The van der Waals surface area contributed by atoms with Crippen LogP contribution in [0.25, 0.3) is 54.6 Å². The fraction of sp³-hybridized carbons (Fsp3) is 0. The smallest absolute Gasteiger partial charge is 0.0175 e. The van der Waals surface area contributed by atoms with Crippen LogP contribution in [0.2, 0.25) is 0 Å². The Hall–Kier alpha value is -3.42. The van der Waals surface area contributed by atoms with Gasteiger partial charge in [0.2, 0.25) is 0 Å². The standard InChI is InChI=1S/C30H19Br/c31-24-15-12-20(13-16-24)21-6-5-7-22(18-21)23-14-17-29-27-10-2-1-8-25(27)26-9-3-4-11-28(26)30(29)19-23/h1-19H. The van der Waals surface area contributed by atoms with Gasteiger partial charge >= 0.3 is 0 Å². The fourth-order valence-electron chi connectivity index (χ4n) is 4.61. The van der Waals surface area contributed by atoms with Gasteiger partial charge in [-0.05, 0) is 78.8 Å². The molecule has 1 heteroatoms. The summed E-state index contributed by atoms with van der Waals surface area (Å²) in [5.41, 5.74) is 4.93. The lowest BCUT2D eigenvalue weighted by molar-refractivity contribution is 1.58. The van der Waals surface area contributed by atoms with E-state index in [1.54, 1.807) is 0 Å². The van der Waals surface area contributed by atoms with Crippen molar-refractivity contribution in [1.29, 1.82) is 0 Å². The molecule has 0 saturated carbocycles. The molecule has 0 amide bonds. The molecule has 0 spiro atoms. The number of fused-ring (bicyclic) bond motifs is 6. The first-order chi connectivity index (χ1) is 15.3. The molecule has 0 aromatic heterocycles. The van der Waals surface area contributed by atoms with Crippen molar-refractivity contribution in [1.82, 2.24) is 0 Å². The molecule has 31 heavy (non-hydrogen) atoms. The highest BCUT2D eigenvalue weighted by Crippen LogP contribution is 2.37.